The quantitative estimate of drug-likeness (QED) is 0.825. The number of nitrogens with one attached hydrogen (secondary N) is 2. The van der Waals surface area contributed by atoms with E-state index in [0.29, 0.717) is 0 Å². The van der Waals surface area contributed by atoms with Crippen molar-refractivity contribution in [3.63, 3.8) is 0 Å². The minimum atomic E-state index is 0.834. The van der Waals surface area contributed by atoms with Crippen LogP contribution in [0.3, 0.4) is 0 Å². The van der Waals surface area contributed by atoms with Crippen molar-refractivity contribution in [1.82, 2.24) is 0 Å². The number of likely N-dealkylation sites (tertiary alicyclic amines) is 1. The standard InChI is InChI=1S/C22H28ClN3/c23-20-8-6-19(7-9-20)18-24-12-10-22(11-13-24)26-16-14-25(15-17-26)21-4-2-1-3-5-21/h1-9,22H,10-18H2/p+2. The van der Waals surface area contributed by atoms with Crippen molar-refractivity contribution >= 4 is 17.3 Å². The minimum Gasteiger partial charge on any atom is -0.360 e. The molecule has 0 aliphatic carbocycles. The first-order chi connectivity index (χ1) is 12.8. The maximum atomic E-state index is 6.00. The van der Waals surface area contributed by atoms with Crippen LogP contribution in [0, 0.1) is 0 Å². The highest BCUT2D eigenvalue weighted by atomic mass is 35.5. The number of quaternary nitrogens is 2. The fourth-order valence-electron chi connectivity index (χ4n) is 4.60. The molecule has 0 aromatic heterocycles. The van der Waals surface area contributed by atoms with Gasteiger partial charge in [0.2, 0.25) is 0 Å². The summed E-state index contributed by atoms with van der Waals surface area (Å²) in [5.41, 5.74) is 2.79. The van der Waals surface area contributed by atoms with Crippen LogP contribution in [-0.4, -0.2) is 45.3 Å². The number of hydrogen-bond donors (Lipinski definition) is 2. The van der Waals surface area contributed by atoms with E-state index in [0.717, 1.165) is 17.6 Å². The van der Waals surface area contributed by atoms with E-state index in [1.54, 1.807) is 4.90 Å². The first-order valence-corrected chi connectivity index (χ1v) is 10.4. The van der Waals surface area contributed by atoms with E-state index in [2.05, 4.69) is 47.4 Å². The molecule has 2 N–H and O–H groups in total. The van der Waals surface area contributed by atoms with E-state index in [1.165, 1.54) is 63.4 Å². The van der Waals surface area contributed by atoms with E-state index in [9.17, 15) is 0 Å². The zero-order valence-corrected chi connectivity index (χ0v) is 16.2. The van der Waals surface area contributed by atoms with Crippen LogP contribution >= 0.6 is 11.6 Å². The molecule has 0 saturated carbocycles. The van der Waals surface area contributed by atoms with Crippen molar-refractivity contribution in [1.29, 1.82) is 0 Å². The number of halogens is 1. The van der Waals surface area contributed by atoms with Crippen LogP contribution in [0.25, 0.3) is 0 Å². The number of para-hydroxylation sites is 1. The predicted molar refractivity (Wildman–Crippen MR) is 108 cm³/mol. The Hall–Kier alpha value is -1.55. The van der Waals surface area contributed by atoms with Gasteiger partial charge >= 0.3 is 0 Å². The molecule has 138 valence electrons. The van der Waals surface area contributed by atoms with Crippen molar-refractivity contribution in [2.75, 3.05) is 44.2 Å². The molecule has 0 spiro atoms. The molecule has 2 aliphatic heterocycles. The van der Waals surface area contributed by atoms with E-state index < -0.39 is 0 Å². The third-order valence-electron chi connectivity index (χ3n) is 6.16. The number of benzene rings is 2. The molecule has 0 atom stereocenters. The van der Waals surface area contributed by atoms with Gasteiger partial charge in [0.05, 0.1) is 45.3 Å². The molecule has 0 amide bonds. The van der Waals surface area contributed by atoms with Gasteiger partial charge in [0, 0.05) is 29.1 Å². The summed E-state index contributed by atoms with van der Waals surface area (Å²) in [5, 5.41) is 0.834. The smallest absolute Gasteiger partial charge is 0.103 e. The lowest BCUT2D eigenvalue weighted by atomic mass is 10.0. The van der Waals surface area contributed by atoms with Crippen molar-refractivity contribution < 1.29 is 9.80 Å². The molecule has 26 heavy (non-hydrogen) atoms. The van der Waals surface area contributed by atoms with Crippen LogP contribution in [0.1, 0.15) is 18.4 Å². The van der Waals surface area contributed by atoms with E-state index >= 15 is 0 Å². The Kier molecular flexibility index (Phi) is 5.78. The lowest BCUT2D eigenvalue weighted by Gasteiger charge is -2.39. The maximum absolute atomic E-state index is 6.00. The Bertz CT molecular complexity index is 672. The summed E-state index contributed by atoms with van der Waals surface area (Å²) in [5.74, 6) is 0. The molecular weight excluding hydrogens is 342 g/mol. The second-order valence-corrected chi connectivity index (χ2v) is 8.24. The molecule has 4 rings (SSSR count). The van der Waals surface area contributed by atoms with Crippen LogP contribution in [0.4, 0.5) is 5.69 Å². The Morgan fingerprint density at radius 3 is 2.15 bits per heavy atom. The predicted octanol–water partition coefficient (Wildman–Crippen LogP) is 1.29. The van der Waals surface area contributed by atoms with E-state index in [4.69, 9.17) is 11.6 Å². The third-order valence-corrected chi connectivity index (χ3v) is 6.42. The molecule has 0 bridgehead atoms. The molecule has 2 fully saturated rings. The molecule has 4 heteroatoms. The van der Waals surface area contributed by atoms with E-state index in [-0.39, 0.29) is 0 Å². The number of rotatable bonds is 4. The maximum Gasteiger partial charge on any atom is 0.103 e. The lowest BCUT2D eigenvalue weighted by molar-refractivity contribution is -0.963. The highest BCUT2D eigenvalue weighted by Crippen LogP contribution is 2.13. The lowest BCUT2D eigenvalue weighted by Crippen LogP contribution is -3.21. The Balaban J connectivity index is 1.23. The summed E-state index contributed by atoms with van der Waals surface area (Å²) in [6.07, 6.45) is 2.73. The fourth-order valence-corrected chi connectivity index (χ4v) is 4.73. The summed E-state index contributed by atoms with van der Waals surface area (Å²) < 4.78 is 0. The highest BCUT2D eigenvalue weighted by molar-refractivity contribution is 6.30. The molecular formula is C22H30ClN3+2. The second kappa shape index (κ2) is 8.43. The molecule has 2 saturated heterocycles. The summed E-state index contributed by atoms with van der Waals surface area (Å²) in [6, 6.07) is 20.1. The molecule has 2 aromatic carbocycles. The van der Waals surface area contributed by atoms with Gasteiger partial charge in [-0.3, -0.25) is 0 Å². The largest absolute Gasteiger partial charge is 0.360 e. The van der Waals surface area contributed by atoms with Gasteiger partial charge in [-0.05, 0) is 24.3 Å². The summed E-state index contributed by atoms with van der Waals surface area (Å²) in [4.78, 5) is 6.11. The Morgan fingerprint density at radius 2 is 1.50 bits per heavy atom. The molecule has 3 nitrogen and oxygen atoms in total. The van der Waals surface area contributed by atoms with Gasteiger partial charge in [0.15, 0.2) is 0 Å². The van der Waals surface area contributed by atoms with Crippen molar-refractivity contribution in [3.8, 4) is 0 Å². The van der Waals surface area contributed by atoms with Gasteiger partial charge in [0.1, 0.15) is 6.54 Å². The minimum absolute atomic E-state index is 0.834. The average molecular weight is 372 g/mol. The van der Waals surface area contributed by atoms with Crippen LogP contribution in [0.2, 0.25) is 5.02 Å². The van der Waals surface area contributed by atoms with Gasteiger partial charge in [-0.15, -0.1) is 0 Å². The van der Waals surface area contributed by atoms with Crippen molar-refractivity contribution in [2.24, 2.45) is 0 Å². The van der Waals surface area contributed by atoms with Gasteiger partial charge in [-0.1, -0.05) is 41.9 Å². The van der Waals surface area contributed by atoms with Crippen molar-refractivity contribution in [2.45, 2.75) is 25.4 Å². The molecule has 2 aromatic rings. The normalized spacial score (nSPS) is 24.6. The molecule has 0 unspecified atom stereocenters. The van der Waals surface area contributed by atoms with Crippen molar-refractivity contribution in [3.05, 3.63) is 65.2 Å². The Morgan fingerprint density at radius 1 is 0.846 bits per heavy atom. The molecule has 2 heterocycles. The second-order valence-electron chi connectivity index (χ2n) is 7.81. The molecule has 2 aliphatic rings. The molecule has 0 radical (unpaired) electrons. The number of anilines is 1. The highest BCUT2D eigenvalue weighted by Gasteiger charge is 2.32. The SMILES string of the molecule is Clc1ccc(C[NH+]2CCC([NH+]3CCN(c4ccccc4)CC3)CC2)cc1. The zero-order chi connectivity index (χ0) is 17.8. The number of piperidine rings is 1. The van der Waals surface area contributed by atoms with Crippen LogP contribution in [-0.2, 0) is 6.54 Å². The number of hydrogen-bond acceptors (Lipinski definition) is 1. The van der Waals surface area contributed by atoms with Gasteiger partial charge in [0.25, 0.3) is 0 Å². The number of nitrogens with zero attached hydrogens (tertiary/aromatic N) is 1. The topological polar surface area (TPSA) is 12.1 Å². The van der Waals surface area contributed by atoms with Gasteiger partial charge < -0.3 is 14.7 Å². The van der Waals surface area contributed by atoms with Gasteiger partial charge in [-0.25, -0.2) is 0 Å². The third kappa shape index (κ3) is 4.40. The van der Waals surface area contributed by atoms with Crippen LogP contribution in [0.15, 0.2) is 54.6 Å². The summed E-state index contributed by atoms with van der Waals surface area (Å²) in [6.45, 7) is 8.70. The van der Waals surface area contributed by atoms with E-state index in [1.807, 2.05) is 17.0 Å². The average Bonchev–Trinajstić information content (AvgIpc) is 2.71. The van der Waals surface area contributed by atoms with Crippen LogP contribution in [0.5, 0.6) is 0 Å². The van der Waals surface area contributed by atoms with Crippen LogP contribution < -0.4 is 14.7 Å². The van der Waals surface area contributed by atoms with Gasteiger partial charge in [-0.2, -0.15) is 0 Å². The summed E-state index contributed by atoms with van der Waals surface area (Å²) in [7, 11) is 0. The Labute approximate surface area is 162 Å². The fraction of sp³-hybridized carbons (Fsp3) is 0.455. The summed E-state index contributed by atoms with van der Waals surface area (Å²) >= 11 is 6.00. The first-order valence-electron chi connectivity index (χ1n) is 10.0. The number of piperazine rings is 1. The first kappa shape index (κ1) is 17.8. The monoisotopic (exact) mass is 371 g/mol. The zero-order valence-electron chi connectivity index (χ0n) is 15.5.